The van der Waals surface area contributed by atoms with E-state index in [2.05, 4.69) is 39.0 Å². The van der Waals surface area contributed by atoms with Crippen LogP contribution in [0.15, 0.2) is 36.4 Å². The summed E-state index contributed by atoms with van der Waals surface area (Å²) in [5, 5.41) is 18.8. The van der Waals surface area contributed by atoms with Crippen molar-refractivity contribution in [2.45, 2.75) is 33.1 Å². The molecule has 2 aromatic rings. The number of benzene rings is 2. The average Bonchev–Trinajstić information content (AvgIpc) is 2.41. The Bertz CT molecular complexity index is 700. The van der Waals surface area contributed by atoms with E-state index in [0.29, 0.717) is 0 Å². The number of carbonyl (C=O) groups is 1. The number of aryl methyl sites for hydroxylation is 2. The molecule has 0 saturated heterocycles. The van der Waals surface area contributed by atoms with Gasteiger partial charge in [0.2, 0.25) is 0 Å². The molecule has 0 atom stereocenters. The molecule has 2 aromatic carbocycles. The fraction of sp³-hybridized carbons (Fsp3) is 0.278. The first-order valence-electron chi connectivity index (χ1n) is 6.88. The Morgan fingerprint density at radius 3 is 2.33 bits per heavy atom. The van der Waals surface area contributed by atoms with Gasteiger partial charge in [0.25, 0.3) is 0 Å². The summed E-state index contributed by atoms with van der Waals surface area (Å²) < 4.78 is 0. The highest BCUT2D eigenvalue weighted by Gasteiger charge is 2.26. The summed E-state index contributed by atoms with van der Waals surface area (Å²) in [7, 11) is 0. The van der Waals surface area contributed by atoms with Gasteiger partial charge in [0.15, 0.2) is 0 Å². The fourth-order valence-corrected chi connectivity index (χ4v) is 2.66. The van der Waals surface area contributed by atoms with E-state index in [1.807, 2.05) is 6.92 Å². The predicted octanol–water partition coefficient (Wildman–Crippen LogP) is 4.03. The van der Waals surface area contributed by atoms with Crippen LogP contribution in [0.25, 0.3) is 0 Å². The zero-order valence-electron chi connectivity index (χ0n) is 12.8. The van der Waals surface area contributed by atoms with Crippen molar-refractivity contribution in [3.8, 4) is 5.75 Å². The monoisotopic (exact) mass is 284 g/mol. The molecule has 2 rings (SSSR count). The van der Waals surface area contributed by atoms with Crippen LogP contribution in [0, 0.1) is 13.8 Å². The molecule has 0 bridgehead atoms. The van der Waals surface area contributed by atoms with Crippen LogP contribution in [0.1, 0.15) is 46.5 Å². The van der Waals surface area contributed by atoms with Gasteiger partial charge in [-0.25, -0.2) is 4.79 Å². The minimum absolute atomic E-state index is 0.0640. The largest absolute Gasteiger partial charge is 0.507 e. The van der Waals surface area contributed by atoms with E-state index < -0.39 is 5.97 Å². The Morgan fingerprint density at radius 2 is 1.71 bits per heavy atom. The number of phenols is 1. The predicted molar refractivity (Wildman–Crippen MR) is 83.1 cm³/mol. The molecular weight excluding hydrogens is 264 g/mol. The molecule has 0 amide bonds. The SMILES string of the molecule is Cc1ccc(C)c(C(C)(C)c2ccc(O)c(C(=O)O)c2)c1. The quantitative estimate of drug-likeness (QED) is 0.894. The lowest BCUT2D eigenvalue weighted by molar-refractivity contribution is 0.0693. The smallest absolute Gasteiger partial charge is 0.339 e. The number of carboxylic acid groups (broad SMARTS) is 1. The van der Waals surface area contributed by atoms with E-state index in [1.54, 1.807) is 12.1 Å². The summed E-state index contributed by atoms with van der Waals surface area (Å²) >= 11 is 0. The summed E-state index contributed by atoms with van der Waals surface area (Å²) in [5.41, 5.74) is 3.95. The van der Waals surface area contributed by atoms with Gasteiger partial charge in [-0.15, -0.1) is 0 Å². The second kappa shape index (κ2) is 5.24. The van der Waals surface area contributed by atoms with Gasteiger partial charge in [-0.05, 0) is 42.7 Å². The first-order chi connectivity index (χ1) is 9.73. The molecule has 21 heavy (non-hydrogen) atoms. The lowest BCUT2D eigenvalue weighted by Crippen LogP contribution is -2.21. The second-order valence-electron chi connectivity index (χ2n) is 5.98. The number of rotatable bonds is 3. The Morgan fingerprint density at radius 1 is 1.05 bits per heavy atom. The number of aromatic hydroxyl groups is 1. The molecule has 0 aliphatic heterocycles. The van der Waals surface area contributed by atoms with E-state index in [-0.39, 0.29) is 16.7 Å². The van der Waals surface area contributed by atoms with E-state index in [9.17, 15) is 9.90 Å². The fourth-order valence-electron chi connectivity index (χ4n) is 2.66. The highest BCUT2D eigenvalue weighted by molar-refractivity contribution is 5.91. The highest BCUT2D eigenvalue weighted by Crippen LogP contribution is 2.35. The van der Waals surface area contributed by atoms with E-state index in [0.717, 1.165) is 16.7 Å². The van der Waals surface area contributed by atoms with Gasteiger partial charge in [0.1, 0.15) is 11.3 Å². The molecule has 0 aliphatic rings. The number of hydrogen-bond acceptors (Lipinski definition) is 2. The first-order valence-corrected chi connectivity index (χ1v) is 6.88. The van der Waals surface area contributed by atoms with Crippen LogP contribution in [-0.2, 0) is 5.41 Å². The third kappa shape index (κ3) is 2.77. The summed E-state index contributed by atoms with van der Waals surface area (Å²) in [6, 6.07) is 11.1. The first kappa shape index (κ1) is 15.1. The third-order valence-corrected chi connectivity index (χ3v) is 4.02. The van der Waals surface area contributed by atoms with Crippen LogP contribution < -0.4 is 0 Å². The molecule has 0 heterocycles. The van der Waals surface area contributed by atoms with Crippen molar-refractivity contribution in [1.29, 1.82) is 0 Å². The van der Waals surface area contributed by atoms with Crippen LogP contribution in [0.3, 0.4) is 0 Å². The summed E-state index contributed by atoms with van der Waals surface area (Å²) in [4.78, 5) is 11.2. The molecule has 3 heteroatoms. The van der Waals surface area contributed by atoms with Gasteiger partial charge in [0.05, 0.1) is 0 Å². The Kier molecular flexibility index (Phi) is 3.77. The standard InChI is InChI=1S/C18H20O3/c1-11-5-6-12(2)15(9-11)18(3,4)13-7-8-16(19)14(10-13)17(20)21/h5-10,19H,1-4H3,(H,20,21). The molecule has 0 aromatic heterocycles. The lowest BCUT2D eigenvalue weighted by atomic mass is 9.75. The van der Waals surface area contributed by atoms with Gasteiger partial charge in [-0.2, -0.15) is 0 Å². The number of carboxylic acids is 1. The van der Waals surface area contributed by atoms with Crippen molar-refractivity contribution >= 4 is 5.97 Å². The van der Waals surface area contributed by atoms with E-state index >= 15 is 0 Å². The summed E-state index contributed by atoms with van der Waals surface area (Å²) in [6.45, 7) is 8.22. The van der Waals surface area contributed by atoms with Gasteiger partial charge < -0.3 is 10.2 Å². The average molecular weight is 284 g/mol. The Labute approximate surface area is 124 Å². The minimum Gasteiger partial charge on any atom is -0.507 e. The zero-order valence-corrected chi connectivity index (χ0v) is 12.8. The molecule has 3 nitrogen and oxygen atoms in total. The molecule has 0 fully saturated rings. The van der Waals surface area contributed by atoms with Crippen molar-refractivity contribution in [3.05, 3.63) is 64.2 Å². The maximum Gasteiger partial charge on any atom is 0.339 e. The van der Waals surface area contributed by atoms with Crippen LogP contribution >= 0.6 is 0 Å². The summed E-state index contributed by atoms with van der Waals surface area (Å²) in [5.74, 6) is -1.32. The van der Waals surface area contributed by atoms with Crippen molar-refractivity contribution < 1.29 is 15.0 Å². The van der Waals surface area contributed by atoms with Crippen LogP contribution in [-0.4, -0.2) is 16.2 Å². The van der Waals surface area contributed by atoms with Crippen molar-refractivity contribution in [2.75, 3.05) is 0 Å². The number of aromatic carboxylic acids is 1. The molecule has 2 N–H and O–H groups in total. The molecule has 110 valence electrons. The molecule has 0 unspecified atom stereocenters. The topological polar surface area (TPSA) is 57.5 Å². The summed E-state index contributed by atoms with van der Waals surface area (Å²) in [6.07, 6.45) is 0. The minimum atomic E-state index is -1.12. The van der Waals surface area contributed by atoms with Crippen molar-refractivity contribution in [2.24, 2.45) is 0 Å². The second-order valence-corrected chi connectivity index (χ2v) is 5.98. The third-order valence-electron chi connectivity index (χ3n) is 4.02. The van der Waals surface area contributed by atoms with Crippen LogP contribution in [0.5, 0.6) is 5.75 Å². The molecule has 0 spiro atoms. The number of hydrogen-bond donors (Lipinski definition) is 2. The van der Waals surface area contributed by atoms with Gasteiger partial charge in [0, 0.05) is 5.41 Å². The van der Waals surface area contributed by atoms with Crippen molar-refractivity contribution in [3.63, 3.8) is 0 Å². The Hall–Kier alpha value is -2.29. The van der Waals surface area contributed by atoms with Gasteiger partial charge in [-0.1, -0.05) is 43.7 Å². The maximum absolute atomic E-state index is 11.2. The lowest BCUT2D eigenvalue weighted by Gasteiger charge is -2.28. The molecule has 0 aliphatic carbocycles. The van der Waals surface area contributed by atoms with Gasteiger partial charge >= 0.3 is 5.97 Å². The normalized spacial score (nSPS) is 11.4. The Balaban J connectivity index is 2.61. The van der Waals surface area contributed by atoms with Crippen LogP contribution in [0.4, 0.5) is 0 Å². The van der Waals surface area contributed by atoms with Crippen LogP contribution in [0.2, 0.25) is 0 Å². The maximum atomic E-state index is 11.2. The molecule has 0 saturated carbocycles. The zero-order chi connectivity index (χ0) is 15.8. The van der Waals surface area contributed by atoms with E-state index in [1.165, 1.54) is 11.6 Å². The van der Waals surface area contributed by atoms with Gasteiger partial charge in [-0.3, -0.25) is 0 Å². The highest BCUT2D eigenvalue weighted by atomic mass is 16.4. The van der Waals surface area contributed by atoms with Crippen molar-refractivity contribution in [1.82, 2.24) is 0 Å². The van der Waals surface area contributed by atoms with E-state index in [4.69, 9.17) is 5.11 Å². The molecule has 0 radical (unpaired) electrons. The molecular formula is C18H20O3.